The molecule has 86 valence electrons. The molecule has 0 saturated heterocycles. The lowest BCUT2D eigenvalue weighted by atomic mass is 9.80. The van der Waals surface area contributed by atoms with Crippen LogP contribution in [0.3, 0.4) is 0 Å². The minimum Gasteiger partial charge on any atom is -0.493 e. The van der Waals surface area contributed by atoms with Crippen molar-refractivity contribution in [2.45, 2.75) is 30.6 Å². The summed E-state index contributed by atoms with van der Waals surface area (Å²) in [7, 11) is 0. The molecule has 0 saturated carbocycles. The number of hydrogen-bond donors (Lipinski definition) is 1. The van der Waals surface area contributed by atoms with Gasteiger partial charge in [-0.2, -0.15) is 0 Å². The third-order valence-corrected chi connectivity index (χ3v) is 3.53. The van der Waals surface area contributed by atoms with Crippen molar-refractivity contribution in [3.05, 3.63) is 23.8 Å². The summed E-state index contributed by atoms with van der Waals surface area (Å²) in [6, 6.07) is 5.58. The van der Waals surface area contributed by atoms with Crippen molar-refractivity contribution in [3.63, 3.8) is 0 Å². The van der Waals surface area contributed by atoms with Gasteiger partial charge in [-0.05, 0) is 41.8 Å². The topological polar surface area (TPSA) is 46.5 Å². The SMILES string of the molecule is CC1(C)CCOc2ccc(SC(=O)O)cc21. The molecule has 0 fully saturated rings. The lowest BCUT2D eigenvalue weighted by Gasteiger charge is -2.32. The van der Waals surface area contributed by atoms with Crippen molar-refractivity contribution >= 4 is 17.1 Å². The van der Waals surface area contributed by atoms with Crippen LogP contribution >= 0.6 is 11.8 Å². The fourth-order valence-corrected chi connectivity index (χ4v) is 2.39. The summed E-state index contributed by atoms with van der Waals surface area (Å²) >= 11 is 0.833. The van der Waals surface area contributed by atoms with Crippen molar-refractivity contribution in [1.82, 2.24) is 0 Å². The van der Waals surface area contributed by atoms with E-state index in [4.69, 9.17) is 9.84 Å². The lowest BCUT2D eigenvalue weighted by molar-refractivity contribution is 0.222. The van der Waals surface area contributed by atoms with Crippen LogP contribution in [0.15, 0.2) is 23.1 Å². The summed E-state index contributed by atoms with van der Waals surface area (Å²) in [4.78, 5) is 11.4. The van der Waals surface area contributed by atoms with Crippen LogP contribution in [0.1, 0.15) is 25.8 Å². The molecular weight excluding hydrogens is 224 g/mol. The van der Waals surface area contributed by atoms with Crippen LogP contribution in [0.25, 0.3) is 0 Å². The summed E-state index contributed by atoms with van der Waals surface area (Å²) in [5.74, 6) is 0.881. The molecule has 0 bridgehead atoms. The van der Waals surface area contributed by atoms with E-state index in [0.29, 0.717) is 0 Å². The Morgan fingerprint density at radius 1 is 1.50 bits per heavy atom. The average Bonchev–Trinajstić information content (AvgIpc) is 2.18. The van der Waals surface area contributed by atoms with Crippen LogP contribution in [0.5, 0.6) is 5.75 Å². The monoisotopic (exact) mass is 238 g/mol. The van der Waals surface area contributed by atoms with Gasteiger partial charge in [-0.1, -0.05) is 13.8 Å². The number of hydrogen-bond acceptors (Lipinski definition) is 3. The largest absolute Gasteiger partial charge is 0.493 e. The third kappa shape index (κ3) is 2.16. The summed E-state index contributed by atoms with van der Waals surface area (Å²) in [5.41, 5.74) is 1.16. The number of ether oxygens (including phenoxy) is 1. The molecule has 0 unspecified atom stereocenters. The molecule has 1 aliphatic rings. The molecule has 1 N–H and O–H groups in total. The van der Waals surface area contributed by atoms with Crippen LogP contribution in [0, 0.1) is 0 Å². The molecule has 1 heterocycles. The molecule has 4 heteroatoms. The molecule has 0 aromatic heterocycles. The first kappa shape index (κ1) is 11.3. The first-order valence-electron chi connectivity index (χ1n) is 5.17. The molecule has 2 rings (SSSR count). The summed E-state index contributed by atoms with van der Waals surface area (Å²) in [5, 5.41) is 7.85. The zero-order valence-electron chi connectivity index (χ0n) is 9.32. The quantitative estimate of drug-likeness (QED) is 0.760. The average molecular weight is 238 g/mol. The maximum Gasteiger partial charge on any atom is 0.369 e. The van der Waals surface area contributed by atoms with Crippen LogP contribution in [0.4, 0.5) is 4.79 Å². The zero-order chi connectivity index (χ0) is 11.8. The second-order valence-electron chi connectivity index (χ2n) is 4.51. The van der Waals surface area contributed by atoms with E-state index in [0.717, 1.165) is 41.0 Å². The van der Waals surface area contributed by atoms with Gasteiger partial charge in [0.05, 0.1) is 6.61 Å². The van der Waals surface area contributed by atoms with E-state index in [1.807, 2.05) is 12.1 Å². The lowest BCUT2D eigenvalue weighted by Crippen LogP contribution is -2.26. The Kier molecular flexibility index (Phi) is 2.84. The van der Waals surface area contributed by atoms with Crippen LogP contribution < -0.4 is 4.74 Å². The Hall–Kier alpha value is -1.16. The van der Waals surface area contributed by atoms with Gasteiger partial charge in [-0.15, -0.1) is 0 Å². The summed E-state index contributed by atoms with van der Waals surface area (Å²) in [6.45, 7) is 5.04. The maximum absolute atomic E-state index is 10.6. The fraction of sp³-hybridized carbons (Fsp3) is 0.417. The number of benzene rings is 1. The standard InChI is InChI=1S/C12H14O3S/c1-12(2)5-6-15-10-4-3-8(7-9(10)12)16-11(13)14/h3-4,7H,5-6H2,1-2H3,(H,13,14). The van der Waals surface area contributed by atoms with E-state index in [1.165, 1.54) is 0 Å². The Morgan fingerprint density at radius 3 is 2.94 bits per heavy atom. The van der Waals surface area contributed by atoms with Crippen LogP contribution in [-0.2, 0) is 5.41 Å². The van der Waals surface area contributed by atoms with Crippen molar-refractivity contribution < 1.29 is 14.6 Å². The van der Waals surface area contributed by atoms with Gasteiger partial charge >= 0.3 is 5.30 Å². The second-order valence-corrected chi connectivity index (χ2v) is 5.53. The van der Waals surface area contributed by atoms with Gasteiger partial charge in [0, 0.05) is 10.5 Å². The third-order valence-electron chi connectivity index (χ3n) is 2.87. The molecule has 0 spiro atoms. The van der Waals surface area contributed by atoms with Crippen molar-refractivity contribution in [3.8, 4) is 5.75 Å². The van der Waals surface area contributed by atoms with Crippen molar-refractivity contribution in [2.24, 2.45) is 0 Å². The van der Waals surface area contributed by atoms with Crippen LogP contribution in [0.2, 0.25) is 0 Å². The molecule has 1 aliphatic heterocycles. The Bertz CT molecular complexity index is 426. The summed E-state index contributed by atoms with van der Waals surface area (Å²) < 4.78 is 5.56. The van der Waals surface area contributed by atoms with E-state index in [-0.39, 0.29) is 5.41 Å². The van der Waals surface area contributed by atoms with Gasteiger partial charge < -0.3 is 9.84 Å². The molecule has 1 aromatic rings. The predicted molar refractivity (Wildman–Crippen MR) is 63.5 cm³/mol. The van der Waals surface area contributed by atoms with Crippen molar-refractivity contribution in [1.29, 1.82) is 0 Å². The zero-order valence-corrected chi connectivity index (χ0v) is 10.1. The van der Waals surface area contributed by atoms with E-state index < -0.39 is 5.30 Å². The molecule has 3 nitrogen and oxygen atoms in total. The first-order chi connectivity index (χ1) is 7.49. The molecule has 1 aromatic carbocycles. The molecule has 0 amide bonds. The van der Waals surface area contributed by atoms with E-state index in [1.54, 1.807) is 6.07 Å². The minimum absolute atomic E-state index is 0.0582. The molecule has 0 radical (unpaired) electrons. The predicted octanol–water partition coefficient (Wildman–Crippen LogP) is 3.52. The number of thioether (sulfide) groups is 1. The molecule has 0 aliphatic carbocycles. The van der Waals surface area contributed by atoms with Gasteiger partial charge in [0.15, 0.2) is 0 Å². The fourth-order valence-electron chi connectivity index (χ4n) is 1.88. The molecule has 16 heavy (non-hydrogen) atoms. The van der Waals surface area contributed by atoms with E-state index >= 15 is 0 Å². The van der Waals surface area contributed by atoms with E-state index in [9.17, 15) is 4.79 Å². The van der Waals surface area contributed by atoms with Gasteiger partial charge in [0.2, 0.25) is 0 Å². The highest BCUT2D eigenvalue weighted by molar-refractivity contribution is 8.13. The Morgan fingerprint density at radius 2 is 2.25 bits per heavy atom. The van der Waals surface area contributed by atoms with E-state index in [2.05, 4.69) is 13.8 Å². The second kappa shape index (κ2) is 4.01. The first-order valence-corrected chi connectivity index (χ1v) is 5.99. The highest BCUT2D eigenvalue weighted by Gasteiger charge is 2.28. The van der Waals surface area contributed by atoms with Gasteiger partial charge in [-0.25, -0.2) is 4.79 Å². The van der Waals surface area contributed by atoms with Gasteiger partial charge in [0.25, 0.3) is 0 Å². The highest BCUT2D eigenvalue weighted by Crippen LogP contribution is 2.40. The van der Waals surface area contributed by atoms with Crippen molar-refractivity contribution in [2.75, 3.05) is 6.61 Å². The van der Waals surface area contributed by atoms with Gasteiger partial charge in [0.1, 0.15) is 5.75 Å². The number of carbonyl (C=O) groups is 1. The van der Waals surface area contributed by atoms with Gasteiger partial charge in [-0.3, -0.25) is 0 Å². The smallest absolute Gasteiger partial charge is 0.369 e. The molecular formula is C12H14O3S. The highest BCUT2D eigenvalue weighted by atomic mass is 32.2. The Labute approximate surface area is 98.8 Å². The number of fused-ring (bicyclic) bond motifs is 1. The maximum atomic E-state index is 10.6. The number of rotatable bonds is 1. The normalized spacial score (nSPS) is 17.4. The Balaban J connectivity index is 2.39. The van der Waals surface area contributed by atoms with Crippen LogP contribution in [-0.4, -0.2) is 17.0 Å². The summed E-state index contributed by atoms with van der Waals surface area (Å²) in [6.07, 6.45) is 0.960. The minimum atomic E-state index is -0.880. The molecule has 0 atom stereocenters. The number of carboxylic acid groups (broad SMARTS) is 1.